The van der Waals surface area contributed by atoms with E-state index in [0.29, 0.717) is 24.3 Å². The number of ether oxygens (including phenoxy) is 1. The second-order valence-electron chi connectivity index (χ2n) is 4.32. The summed E-state index contributed by atoms with van der Waals surface area (Å²) in [5, 5.41) is 0. The van der Waals surface area contributed by atoms with Crippen molar-refractivity contribution in [1.82, 2.24) is 19.5 Å². The summed E-state index contributed by atoms with van der Waals surface area (Å²) >= 11 is 0. The molecule has 0 amide bonds. The molecule has 2 heterocycles. The molecule has 0 aliphatic rings. The Morgan fingerprint density at radius 2 is 2.10 bits per heavy atom. The lowest BCUT2D eigenvalue weighted by Gasteiger charge is -2.04. The number of hydrogen-bond acceptors (Lipinski definition) is 4. The number of fused-ring (bicyclic) bond motifs is 1. The Hall–Kier alpha value is -2.63. The highest BCUT2D eigenvalue weighted by Gasteiger charge is 2.10. The quantitative estimate of drug-likeness (QED) is 0.781. The fourth-order valence-corrected chi connectivity index (χ4v) is 2.04. The van der Waals surface area contributed by atoms with E-state index in [9.17, 15) is 4.79 Å². The molecule has 1 aromatic carbocycles. The fraction of sp³-hybridized carbons (Fsp3) is 0.214. The van der Waals surface area contributed by atoms with Crippen LogP contribution in [0.2, 0.25) is 0 Å². The molecule has 2 aromatic heterocycles. The molecule has 0 radical (unpaired) electrons. The predicted molar refractivity (Wildman–Crippen MR) is 74.9 cm³/mol. The molecule has 0 atom stereocenters. The van der Waals surface area contributed by atoms with Crippen LogP contribution in [0, 0.1) is 0 Å². The standard InChI is InChI=1S/C14H14N4O2/c1-2-20-13-15-8-11-12(17-13)18(14(19)16-11)9-10-6-4-3-5-7-10/h3-8H,2,9H2,1H3,(H,16,19). The maximum atomic E-state index is 12.0. The second-order valence-corrected chi connectivity index (χ2v) is 4.32. The summed E-state index contributed by atoms with van der Waals surface area (Å²) in [5.41, 5.74) is 1.99. The molecule has 0 saturated carbocycles. The average molecular weight is 270 g/mol. The van der Waals surface area contributed by atoms with Crippen LogP contribution in [0.5, 0.6) is 6.01 Å². The first kappa shape index (κ1) is 12.4. The highest BCUT2D eigenvalue weighted by Crippen LogP contribution is 2.12. The van der Waals surface area contributed by atoms with E-state index in [0.717, 1.165) is 5.56 Å². The molecule has 6 nitrogen and oxygen atoms in total. The molecule has 0 bridgehead atoms. The Morgan fingerprint density at radius 1 is 1.30 bits per heavy atom. The predicted octanol–water partition coefficient (Wildman–Crippen LogP) is 1.57. The Morgan fingerprint density at radius 3 is 2.85 bits per heavy atom. The summed E-state index contributed by atoms with van der Waals surface area (Å²) in [6, 6.07) is 10.0. The number of H-pyrrole nitrogens is 1. The SMILES string of the molecule is CCOc1ncc2[nH]c(=O)n(Cc3ccccc3)c2n1. The zero-order valence-corrected chi connectivity index (χ0v) is 11.0. The van der Waals surface area contributed by atoms with Gasteiger partial charge in [-0.2, -0.15) is 4.98 Å². The minimum atomic E-state index is -0.202. The average Bonchev–Trinajstić information content (AvgIpc) is 2.77. The minimum Gasteiger partial charge on any atom is -0.464 e. The third-order valence-corrected chi connectivity index (χ3v) is 2.95. The van der Waals surface area contributed by atoms with E-state index in [4.69, 9.17) is 4.74 Å². The van der Waals surface area contributed by atoms with Gasteiger partial charge in [-0.1, -0.05) is 30.3 Å². The van der Waals surface area contributed by atoms with E-state index in [-0.39, 0.29) is 11.7 Å². The van der Waals surface area contributed by atoms with Crippen LogP contribution in [-0.2, 0) is 6.54 Å². The van der Waals surface area contributed by atoms with Crippen molar-refractivity contribution in [2.75, 3.05) is 6.61 Å². The highest BCUT2D eigenvalue weighted by molar-refractivity contribution is 5.69. The fourth-order valence-electron chi connectivity index (χ4n) is 2.04. The molecule has 0 aliphatic heterocycles. The van der Waals surface area contributed by atoms with Crippen molar-refractivity contribution in [3.05, 3.63) is 52.6 Å². The molecule has 0 spiro atoms. The number of rotatable bonds is 4. The van der Waals surface area contributed by atoms with Crippen LogP contribution in [0.25, 0.3) is 11.2 Å². The van der Waals surface area contributed by atoms with Gasteiger partial charge >= 0.3 is 11.7 Å². The van der Waals surface area contributed by atoms with Crippen molar-refractivity contribution in [2.24, 2.45) is 0 Å². The molecule has 0 fully saturated rings. The summed E-state index contributed by atoms with van der Waals surface area (Å²) < 4.78 is 6.86. The van der Waals surface area contributed by atoms with Crippen molar-refractivity contribution in [3.8, 4) is 6.01 Å². The zero-order valence-electron chi connectivity index (χ0n) is 11.0. The van der Waals surface area contributed by atoms with Crippen LogP contribution in [0.3, 0.4) is 0 Å². The highest BCUT2D eigenvalue weighted by atomic mass is 16.5. The molecule has 6 heteroatoms. The number of nitrogens with zero attached hydrogens (tertiary/aromatic N) is 3. The molecule has 0 saturated heterocycles. The van der Waals surface area contributed by atoms with Gasteiger partial charge in [0.05, 0.1) is 19.3 Å². The lowest BCUT2D eigenvalue weighted by Crippen LogP contribution is -2.17. The van der Waals surface area contributed by atoms with Gasteiger partial charge in [-0.25, -0.2) is 9.78 Å². The molecule has 20 heavy (non-hydrogen) atoms. The van der Waals surface area contributed by atoms with Crippen LogP contribution in [-0.4, -0.2) is 26.1 Å². The van der Waals surface area contributed by atoms with Gasteiger partial charge in [0.15, 0.2) is 5.65 Å². The molecular formula is C14H14N4O2. The lowest BCUT2D eigenvalue weighted by atomic mass is 10.2. The van der Waals surface area contributed by atoms with Crippen molar-refractivity contribution in [2.45, 2.75) is 13.5 Å². The first-order chi connectivity index (χ1) is 9.78. The normalized spacial score (nSPS) is 10.8. The summed E-state index contributed by atoms with van der Waals surface area (Å²) in [6.45, 7) is 2.81. The molecule has 1 N–H and O–H groups in total. The minimum absolute atomic E-state index is 0.202. The van der Waals surface area contributed by atoms with Crippen LogP contribution in [0.4, 0.5) is 0 Å². The number of aromatic amines is 1. The van der Waals surface area contributed by atoms with E-state index < -0.39 is 0 Å². The third kappa shape index (κ3) is 2.27. The number of aromatic nitrogens is 4. The molecule has 0 unspecified atom stereocenters. The maximum absolute atomic E-state index is 12.0. The van der Waals surface area contributed by atoms with Gasteiger partial charge in [-0.05, 0) is 12.5 Å². The molecular weight excluding hydrogens is 256 g/mol. The van der Waals surface area contributed by atoms with Crippen molar-refractivity contribution < 1.29 is 4.74 Å². The molecule has 102 valence electrons. The lowest BCUT2D eigenvalue weighted by molar-refractivity contribution is 0.313. The van der Waals surface area contributed by atoms with Crippen LogP contribution >= 0.6 is 0 Å². The first-order valence-electron chi connectivity index (χ1n) is 6.40. The second kappa shape index (κ2) is 5.16. The Labute approximate surface area is 115 Å². The Bertz CT molecular complexity index is 777. The maximum Gasteiger partial charge on any atom is 0.328 e. The van der Waals surface area contributed by atoms with Crippen molar-refractivity contribution >= 4 is 11.2 Å². The summed E-state index contributed by atoms with van der Waals surface area (Å²) in [6.07, 6.45) is 1.57. The van der Waals surface area contributed by atoms with Crippen LogP contribution in [0.1, 0.15) is 12.5 Å². The van der Waals surface area contributed by atoms with Gasteiger partial charge in [0.1, 0.15) is 5.52 Å². The van der Waals surface area contributed by atoms with E-state index in [1.54, 1.807) is 10.8 Å². The van der Waals surface area contributed by atoms with Crippen molar-refractivity contribution in [3.63, 3.8) is 0 Å². The number of benzene rings is 1. The number of imidazole rings is 1. The van der Waals surface area contributed by atoms with Gasteiger partial charge in [0, 0.05) is 0 Å². The van der Waals surface area contributed by atoms with Gasteiger partial charge in [0.25, 0.3) is 0 Å². The molecule has 0 aliphatic carbocycles. The van der Waals surface area contributed by atoms with Crippen LogP contribution in [0.15, 0.2) is 41.3 Å². The smallest absolute Gasteiger partial charge is 0.328 e. The van der Waals surface area contributed by atoms with Crippen molar-refractivity contribution in [1.29, 1.82) is 0 Å². The summed E-state index contributed by atoms with van der Waals surface area (Å²) in [7, 11) is 0. The Balaban J connectivity index is 2.07. The van der Waals surface area contributed by atoms with Gasteiger partial charge in [-0.15, -0.1) is 0 Å². The molecule has 3 aromatic rings. The molecule has 3 rings (SSSR count). The monoisotopic (exact) mass is 270 g/mol. The first-order valence-corrected chi connectivity index (χ1v) is 6.40. The van der Waals surface area contributed by atoms with E-state index in [1.165, 1.54) is 0 Å². The third-order valence-electron chi connectivity index (χ3n) is 2.95. The zero-order chi connectivity index (χ0) is 13.9. The van der Waals surface area contributed by atoms with Gasteiger partial charge in [0.2, 0.25) is 0 Å². The summed E-state index contributed by atoms with van der Waals surface area (Å²) in [4.78, 5) is 23.1. The summed E-state index contributed by atoms with van der Waals surface area (Å²) in [5.74, 6) is 0. The van der Waals surface area contributed by atoms with E-state index >= 15 is 0 Å². The number of hydrogen-bond donors (Lipinski definition) is 1. The van der Waals surface area contributed by atoms with Gasteiger partial charge in [-0.3, -0.25) is 4.57 Å². The van der Waals surface area contributed by atoms with E-state index in [1.807, 2.05) is 37.3 Å². The Kier molecular flexibility index (Phi) is 3.20. The van der Waals surface area contributed by atoms with Gasteiger partial charge < -0.3 is 9.72 Å². The van der Waals surface area contributed by atoms with E-state index in [2.05, 4.69) is 15.0 Å². The van der Waals surface area contributed by atoms with Crippen LogP contribution < -0.4 is 10.4 Å². The number of nitrogens with one attached hydrogen (secondary N) is 1. The topological polar surface area (TPSA) is 72.8 Å². The largest absolute Gasteiger partial charge is 0.464 e.